The van der Waals surface area contributed by atoms with Gasteiger partial charge in [0.25, 0.3) is 0 Å². The zero-order valence-corrected chi connectivity index (χ0v) is 20.6. The van der Waals surface area contributed by atoms with E-state index in [9.17, 15) is 4.79 Å². The Morgan fingerprint density at radius 1 is 1.12 bits per heavy atom. The van der Waals surface area contributed by atoms with Crippen LogP contribution in [0.15, 0.2) is 30.5 Å². The maximum atomic E-state index is 12.9. The SMILES string of the molecule is CC(C)(C)OC(=O)N1C2C[C@@H]2C[C@H]1c1ncc(-c2ccc(B3OC(C)(C)C(C)(C)O3)cc2)[nH]1. The van der Waals surface area contributed by atoms with Crippen molar-refractivity contribution >= 4 is 18.7 Å². The van der Waals surface area contributed by atoms with Gasteiger partial charge in [-0.2, -0.15) is 0 Å². The molecule has 0 radical (unpaired) electrons. The number of nitrogens with one attached hydrogen (secondary N) is 1. The summed E-state index contributed by atoms with van der Waals surface area (Å²) in [4.78, 5) is 22.8. The van der Waals surface area contributed by atoms with Gasteiger partial charge in [0, 0.05) is 6.04 Å². The number of likely N-dealkylation sites (tertiary alicyclic amines) is 1. The standard InChI is InChI=1S/C25H34BN3O4/c1-23(2,3)31-22(30)29-19-12-16(19)13-20(29)21-27-14-18(28-21)15-8-10-17(11-9-15)26-32-24(4,5)25(6,7)33-26/h8-11,14,16,19-20H,12-13H2,1-7H3,(H,27,28)/t16-,19?,20+/m1/s1. The van der Waals surface area contributed by atoms with E-state index in [0.29, 0.717) is 5.92 Å². The van der Waals surface area contributed by atoms with E-state index in [1.165, 1.54) is 0 Å². The number of imidazole rings is 1. The molecule has 176 valence electrons. The summed E-state index contributed by atoms with van der Waals surface area (Å²) in [6, 6.07) is 8.38. The minimum absolute atomic E-state index is 0.0682. The minimum Gasteiger partial charge on any atom is -0.444 e. The predicted octanol–water partition coefficient (Wildman–Crippen LogP) is 4.45. The number of piperidine rings is 1. The Morgan fingerprint density at radius 3 is 2.36 bits per heavy atom. The van der Waals surface area contributed by atoms with Gasteiger partial charge in [0.1, 0.15) is 11.4 Å². The van der Waals surface area contributed by atoms with Gasteiger partial charge in [-0.25, -0.2) is 9.78 Å². The number of hydrogen-bond donors (Lipinski definition) is 1. The molecule has 7 nitrogen and oxygen atoms in total. The Hall–Kier alpha value is -2.32. The van der Waals surface area contributed by atoms with E-state index in [1.54, 1.807) is 0 Å². The molecule has 1 unspecified atom stereocenters. The summed E-state index contributed by atoms with van der Waals surface area (Å²) in [6.45, 7) is 13.9. The summed E-state index contributed by atoms with van der Waals surface area (Å²) in [7, 11) is -0.381. The van der Waals surface area contributed by atoms with Crippen molar-refractivity contribution in [2.45, 2.75) is 90.2 Å². The number of ether oxygens (including phenoxy) is 1. The quantitative estimate of drug-likeness (QED) is 0.698. The zero-order chi connectivity index (χ0) is 23.8. The molecule has 2 saturated heterocycles. The summed E-state index contributed by atoms with van der Waals surface area (Å²) in [5, 5.41) is 0. The van der Waals surface area contributed by atoms with Crippen molar-refractivity contribution in [2.75, 3.05) is 0 Å². The molecule has 0 spiro atoms. The van der Waals surface area contributed by atoms with Crippen LogP contribution in [-0.2, 0) is 14.0 Å². The van der Waals surface area contributed by atoms with E-state index in [-0.39, 0.29) is 36.5 Å². The number of carbonyl (C=O) groups excluding carboxylic acids is 1. The number of carbonyl (C=O) groups is 1. The van der Waals surface area contributed by atoms with Gasteiger partial charge < -0.3 is 19.0 Å². The fourth-order valence-corrected chi connectivity index (χ4v) is 4.73. The molecule has 3 aliphatic rings. The normalized spacial score (nSPS) is 27.5. The fraction of sp³-hybridized carbons (Fsp3) is 0.600. The molecular weight excluding hydrogens is 417 g/mol. The van der Waals surface area contributed by atoms with Crippen molar-refractivity contribution in [3.05, 3.63) is 36.3 Å². The van der Waals surface area contributed by atoms with E-state index >= 15 is 0 Å². The van der Waals surface area contributed by atoms with Crippen LogP contribution in [0.5, 0.6) is 0 Å². The average Bonchev–Trinajstić information content (AvgIpc) is 3.07. The van der Waals surface area contributed by atoms with Crippen molar-refractivity contribution in [3.8, 4) is 11.3 Å². The molecule has 0 bridgehead atoms. The van der Waals surface area contributed by atoms with E-state index < -0.39 is 5.60 Å². The fourth-order valence-electron chi connectivity index (χ4n) is 4.73. The number of rotatable bonds is 3. The largest absolute Gasteiger partial charge is 0.494 e. The minimum atomic E-state index is -0.512. The highest BCUT2D eigenvalue weighted by atomic mass is 16.7. The molecule has 1 aromatic heterocycles. The average molecular weight is 451 g/mol. The van der Waals surface area contributed by atoms with Crippen LogP contribution < -0.4 is 5.46 Å². The molecule has 1 N–H and O–H groups in total. The first kappa shape index (κ1) is 22.5. The van der Waals surface area contributed by atoms with Gasteiger partial charge >= 0.3 is 13.2 Å². The van der Waals surface area contributed by atoms with Gasteiger partial charge in [0.05, 0.1) is 29.1 Å². The number of nitrogens with zero attached hydrogens (tertiary/aromatic N) is 2. The number of H-pyrrole nitrogens is 1. The van der Waals surface area contributed by atoms with Gasteiger partial charge in [0.2, 0.25) is 0 Å². The summed E-state index contributed by atoms with van der Waals surface area (Å²) in [5.41, 5.74) is 1.70. The summed E-state index contributed by atoms with van der Waals surface area (Å²) >= 11 is 0. The molecule has 3 heterocycles. The van der Waals surface area contributed by atoms with E-state index in [1.807, 2.05) is 44.0 Å². The van der Waals surface area contributed by atoms with Crippen LogP contribution in [0.25, 0.3) is 11.3 Å². The number of aromatic nitrogens is 2. The van der Waals surface area contributed by atoms with Crippen LogP contribution in [0, 0.1) is 5.92 Å². The lowest BCUT2D eigenvalue weighted by Gasteiger charge is -2.32. The lowest BCUT2D eigenvalue weighted by atomic mass is 9.79. The third-order valence-corrected chi connectivity index (χ3v) is 7.37. The summed E-state index contributed by atoms with van der Waals surface area (Å²) in [6.07, 6.45) is 3.58. The molecule has 3 fully saturated rings. The molecule has 1 aliphatic carbocycles. The third kappa shape index (κ3) is 4.08. The van der Waals surface area contributed by atoms with Crippen molar-refractivity contribution in [2.24, 2.45) is 5.92 Å². The second-order valence-electron chi connectivity index (χ2n) is 11.6. The van der Waals surface area contributed by atoms with Crippen molar-refractivity contribution in [1.82, 2.24) is 14.9 Å². The monoisotopic (exact) mass is 451 g/mol. The van der Waals surface area contributed by atoms with Crippen molar-refractivity contribution < 1.29 is 18.8 Å². The molecule has 2 aromatic rings. The van der Waals surface area contributed by atoms with Gasteiger partial charge in [-0.15, -0.1) is 0 Å². The second-order valence-corrected chi connectivity index (χ2v) is 11.6. The topological polar surface area (TPSA) is 76.7 Å². The van der Waals surface area contributed by atoms with Gasteiger partial charge in [0.15, 0.2) is 0 Å². The second kappa shape index (κ2) is 7.34. The Kier molecular flexibility index (Phi) is 5.00. The lowest BCUT2D eigenvalue weighted by molar-refractivity contribution is 0.00578. The number of fused-ring (bicyclic) bond motifs is 1. The number of benzene rings is 1. The smallest absolute Gasteiger partial charge is 0.444 e. The van der Waals surface area contributed by atoms with Gasteiger partial charge in [-0.1, -0.05) is 24.3 Å². The Bertz CT molecular complexity index is 1040. The molecule has 2 aliphatic heterocycles. The number of amides is 1. The van der Waals surface area contributed by atoms with Gasteiger partial charge in [-0.05, 0) is 78.3 Å². The van der Waals surface area contributed by atoms with E-state index in [2.05, 4.69) is 49.8 Å². The molecule has 8 heteroatoms. The van der Waals surface area contributed by atoms with Crippen LogP contribution >= 0.6 is 0 Å². The first-order valence-corrected chi connectivity index (χ1v) is 11.9. The van der Waals surface area contributed by atoms with Crippen molar-refractivity contribution in [3.63, 3.8) is 0 Å². The molecule has 33 heavy (non-hydrogen) atoms. The summed E-state index contributed by atoms with van der Waals surface area (Å²) in [5.74, 6) is 1.37. The first-order valence-electron chi connectivity index (χ1n) is 11.9. The van der Waals surface area contributed by atoms with Crippen LogP contribution in [0.1, 0.15) is 73.2 Å². The molecule has 3 atom stereocenters. The number of hydrogen-bond acceptors (Lipinski definition) is 5. The van der Waals surface area contributed by atoms with Gasteiger partial charge in [-0.3, -0.25) is 4.90 Å². The third-order valence-electron chi connectivity index (χ3n) is 7.37. The van der Waals surface area contributed by atoms with E-state index in [0.717, 1.165) is 35.4 Å². The van der Waals surface area contributed by atoms with Crippen LogP contribution in [0.4, 0.5) is 4.79 Å². The molecule has 1 aromatic carbocycles. The first-order chi connectivity index (χ1) is 15.3. The van der Waals surface area contributed by atoms with Crippen molar-refractivity contribution in [1.29, 1.82) is 0 Å². The van der Waals surface area contributed by atoms with E-state index in [4.69, 9.17) is 14.0 Å². The highest BCUT2D eigenvalue weighted by Gasteiger charge is 2.56. The van der Waals surface area contributed by atoms with Crippen LogP contribution in [0.3, 0.4) is 0 Å². The molecular formula is C25H34BN3O4. The molecule has 5 rings (SSSR count). The Balaban J connectivity index is 1.32. The predicted molar refractivity (Wildman–Crippen MR) is 127 cm³/mol. The maximum Gasteiger partial charge on any atom is 0.494 e. The lowest BCUT2D eigenvalue weighted by Crippen LogP contribution is -2.41. The maximum absolute atomic E-state index is 12.9. The molecule has 1 saturated carbocycles. The Morgan fingerprint density at radius 2 is 1.76 bits per heavy atom. The number of aromatic amines is 1. The van der Waals surface area contributed by atoms with Crippen LogP contribution in [0.2, 0.25) is 0 Å². The Labute approximate surface area is 196 Å². The highest BCUT2D eigenvalue weighted by molar-refractivity contribution is 6.62. The zero-order valence-electron chi connectivity index (χ0n) is 20.6. The molecule has 1 amide bonds. The van der Waals surface area contributed by atoms with Crippen LogP contribution in [-0.4, -0.2) is 50.9 Å². The highest BCUT2D eigenvalue weighted by Crippen LogP contribution is 2.53. The summed E-state index contributed by atoms with van der Waals surface area (Å²) < 4.78 is 18.0.